The van der Waals surface area contributed by atoms with Crippen molar-refractivity contribution in [3.63, 3.8) is 0 Å². The molecule has 0 saturated carbocycles. The number of nitrogens with zero attached hydrogens (tertiary/aromatic N) is 1. The molecule has 2 rings (SSSR count). The second kappa shape index (κ2) is 7.88. The highest BCUT2D eigenvalue weighted by Gasteiger charge is 2.21. The van der Waals surface area contributed by atoms with Crippen LogP contribution in [0.25, 0.3) is 0 Å². The predicted molar refractivity (Wildman–Crippen MR) is 103 cm³/mol. The topological polar surface area (TPSA) is 83.6 Å². The first kappa shape index (κ1) is 19.9. The molecule has 0 aliphatic carbocycles. The van der Waals surface area contributed by atoms with Crippen molar-refractivity contribution in [1.29, 1.82) is 0 Å². The van der Waals surface area contributed by atoms with Gasteiger partial charge in [-0.1, -0.05) is 17.7 Å². The van der Waals surface area contributed by atoms with Crippen LogP contribution in [0.2, 0.25) is 5.02 Å². The zero-order valence-corrected chi connectivity index (χ0v) is 16.2. The number of aryl methyl sites for hydroxylation is 1. The molecule has 0 aliphatic heterocycles. The largest absolute Gasteiger partial charge is 0.325 e. The summed E-state index contributed by atoms with van der Waals surface area (Å²) in [5.74, 6) is -0.593. The van der Waals surface area contributed by atoms with Gasteiger partial charge in [-0.25, -0.2) is 8.42 Å². The third-order valence-corrected chi connectivity index (χ3v) is 5.25. The highest BCUT2D eigenvalue weighted by atomic mass is 35.5. The summed E-state index contributed by atoms with van der Waals surface area (Å²) in [5.41, 5.74) is 2.11. The van der Waals surface area contributed by atoms with Crippen molar-refractivity contribution in [2.45, 2.75) is 13.8 Å². The Morgan fingerprint density at radius 2 is 1.73 bits per heavy atom. The normalized spacial score (nSPS) is 11.1. The first-order chi connectivity index (χ1) is 12.1. The third kappa shape index (κ3) is 5.06. The standard InChI is InChI=1S/C18H19ClN2O4S/c1-12-4-9-16(10-17(12)19)21(26(3,24)25)11-18(23)20-15-7-5-14(6-8-15)13(2)22/h4-10H,11H2,1-3H3,(H,20,23). The van der Waals surface area contributed by atoms with E-state index in [9.17, 15) is 18.0 Å². The number of hydrogen-bond acceptors (Lipinski definition) is 4. The summed E-state index contributed by atoms with van der Waals surface area (Å²) in [4.78, 5) is 23.6. The second-order valence-corrected chi connectivity index (χ2v) is 8.20. The number of hydrogen-bond donors (Lipinski definition) is 1. The highest BCUT2D eigenvalue weighted by molar-refractivity contribution is 7.92. The van der Waals surface area contributed by atoms with Crippen LogP contribution in [0.3, 0.4) is 0 Å². The first-order valence-electron chi connectivity index (χ1n) is 7.72. The minimum Gasteiger partial charge on any atom is -0.325 e. The van der Waals surface area contributed by atoms with Gasteiger partial charge in [-0.3, -0.25) is 13.9 Å². The molecule has 1 N–H and O–H groups in total. The molecule has 6 nitrogen and oxygen atoms in total. The lowest BCUT2D eigenvalue weighted by Gasteiger charge is -2.22. The maximum atomic E-state index is 12.3. The van der Waals surface area contributed by atoms with Gasteiger partial charge in [-0.05, 0) is 55.8 Å². The smallest absolute Gasteiger partial charge is 0.245 e. The van der Waals surface area contributed by atoms with E-state index in [1.807, 2.05) is 0 Å². The number of nitrogens with one attached hydrogen (secondary N) is 1. The summed E-state index contributed by atoms with van der Waals surface area (Å²) < 4.78 is 25.2. The Morgan fingerprint density at radius 1 is 1.12 bits per heavy atom. The Labute approximate surface area is 157 Å². The van der Waals surface area contributed by atoms with Gasteiger partial charge in [-0.2, -0.15) is 0 Å². The van der Waals surface area contributed by atoms with E-state index in [1.54, 1.807) is 43.3 Å². The van der Waals surface area contributed by atoms with Crippen LogP contribution < -0.4 is 9.62 Å². The number of benzene rings is 2. The number of rotatable bonds is 6. The number of ketones is 1. The van der Waals surface area contributed by atoms with Crippen LogP contribution in [-0.2, 0) is 14.8 Å². The fraction of sp³-hybridized carbons (Fsp3) is 0.222. The van der Waals surface area contributed by atoms with Gasteiger partial charge in [0.2, 0.25) is 15.9 Å². The molecule has 0 radical (unpaired) electrons. The summed E-state index contributed by atoms with van der Waals surface area (Å²) >= 11 is 6.07. The van der Waals surface area contributed by atoms with Gasteiger partial charge >= 0.3 is 0 Å². The number of amides is 1. The molecular formula is C18H19ClN2O4S. The van der Waals surface area contributed by atoms with E-state index < -0.39 is 22.5 Å². The minimum absolute atomic E-state index is 0.0811. The highest BCUT2D eigenvalue weighted by Crippen LogP contribution is 2.25. The molecule has 0 atom stereocenters. The van der Waals surface area contributed by atoms with E-state index in [0.29, 0.717) is 22.0 Å². The summed E-state index contributed by atoms with van der Waals surface area (Å²) in [6.45, 7) is 2.85. The lowest BCUT2D eigenvalue weighted by Crippen LogP contribution is -2.37. The summed E-state index contributed by atoms with van der Waals surface area (Å²) in [6, 6.07) is 11.1. The average molecular weight is 395 g/mol. The van der Waals surface area contributed by atoms with Crippen molar-refractivity contribution in [2.24, 2.45) is 0 Å². The Hall–Kier alpha value is -2.38. The molecule has 2 aromatic rings. The Kier molecular flexibility index (Phi) is 6.05. The van der Waals surface area contributed by atoms with Crippen molar-refractivity contribution in [3.05, 3.63) is 58.6 Å². The number of anilines is 2. The lowest BCUT2D eigenvalue weighted by atomic mass is 10.1. The van der Waals surface area contributed by atoms with Crippen LogP contribution in [0.5, 0.6) is 0 Å². The van der Waals surface area contributed by atoms with Crippen LogP contribution in [0, 0.1) is 6.92 Å². The minimum atomic E-state index is -3.68. The molecule has 0 unspecified atom stereocenters. The number of Topliss-reactive ketones (excluding diaryl/α,β-unsaturated/α-hetero) is 1. The number of carbonyl (C=O) groups excluding carboxylic acids is 2. The molecule has 8 heteroatoms. The number of carbonyl (C=O) groups is 2. The number of sulfonamides is 1. The van der Waals surface area contributed by atoms with Gasteiger partial charge in [-0.15, -0.1) is 0 Å². The zero-order chi connectivity index (χ0) is 19.5. The monoisotopic (exact) mass is 394 g/mol. The van der Waals surface area contributed by atoms with Crippen LogP contribution in [0.15, 0.2) is 42.5 Å². The van der Waals surface area contributed by atoms with E-state index >= 15 is 0 Å². The summed E-state index contributed by atoms with van der Waals surface area (Å²) in [7, 11) is -3.68. The molecule has 0 fully saturated rings. The van der Waals surface area contributed by atoms with Crippen molar-refractivity contribution < 1.29 is 18.0 Å². The Bertz CT molecular complexity index is 940. The Balaban J connectivity index is 2.19. The van der Waals surface area contributed by atoms with Crippen LogP contribution >= 0.6 is 11.6 Å². The molecule has 0 spiro atoms. The molecule has 2 aromatic carbocycles. The van der Waals surface area contributed by atoms with Gasteiger partial charge < -0.3 is 5.32 Å². The van der Waals surface area contributed by atoms with Gasteiger partial charge in [0.25, 0.3) is 0 Å². The molecular weight excluding hydrogens is 376 g/mol. The van der Waals surface area contributed by atoms with Gasteiger partial charge in [0, 0.05) is 16.3 Å². The molecule has 0 aliphatic rings. The van der Waals surface area contributed by atoms with E-state index in [2.05, 4.69) is 5.32 Å². The fourth-order valence-electron chi connectivity index (χ4n) is 2.26. The van der Waals surface area contributed by atoms with Gasteiger partial charge in [0.1, 0.15) is 6.54 Å². The SMILES string of the molecule is CC(=O)c1ccc(NC(=O)CN(c2ccc(C)c(Cl)c2)S(C)(=O)=O)cc1. The average Bonchev–Trinajstić information content (AvgIpc) is 2.55. The van der Waals surface area contributed by atoms with Crippen LogP contribution in [0.4, 0.5) is 11.4 Å². The molecule has 0 saturated heterocycles. The maximum Gasteiger partial charge on any atom is 0.245 e. The first-order valence-corrected chi connectivity index (χ1v) is 9.95. The predicted octanol–water partition coefficient (Wildman–Crippen LogP) is 3.26. The lowest BCUT2D eigenvalue weighted by molar-refractivity contribution is -0.114. The van der Waals surface area contributed by atoms with Crippen molar-refractivity contribution in [3.8, 4) is 0 Å². The molecule has 0 aromatic heterocycles. The van der Waals surface area contributed by atoms with Crippen LogP contribution in [-0.4, -0.2) is 32.9 Å². The van der Waals surface area contributed by atoms with E-state index in [1.165, 1.54) is 13.0 Å². The fourth-order valence-corrected chi connectivity index (χ4v) is 3.28. The maximum absolute atomic E-state index is 12.3. The second-order valence-electron chi connectivity index (χ2n) is 5.88. The zero-order valence-electron chi connectivity index (χ0n) is 14.6. The molecule has 26 heavy (non-hydrogen) atoms. The summed E-state index contributed by atoms with van der Waals surface area (Å²) in [6.07, 6.45) is 1.02. The third-order valence-electron chi connectivity index (χ3n) is 3.71. The number of halogens is 1. The molecule has 138 valence electrons. The van der Waals surface area contributed by atoms with Crippen molar-refractivity contribution >= 4 is 44.7 Å². The van der Waals surface area contributed by atoms with Crippen LogP contribution in [0.1, 0.15) is 22.8 Å². The Morgan fingerprint density at radius 3 is 2.23 bits per heavy atom. The molecule has 1 amide bonds. The quantitative estimate of drug-likeness (QED) is 0.762. The van der Waals surface area contributed by atoms with Gasteiger partial charge in [0.15, 0.2) is 5.78 Å². The van der Waals surface area contributed by atoms with E-state index in [-0.39, 0.29) is 5.78 Å². The molecule has 0 bridgehead atoms. The van der Waals surface area contributed by atoms with E-state index in [0.717, 1.165) is 16.1 Å². The van der Waals surface area contributed by atoms with Crippen molar-refractivity contribution in [2.75, 3.05) is 22.4 Å². The molecule has 0 heterocycles. The summed E-state index contributed by atoms with van der Waals surface area (Å²) in [5, 5.41) is 3.03. The van der Waals surface area contributed by atoms with Crippen molar-refractivity contribution in [1.82, 2.24) is 0 Å². The van der Waals surface area contributed by atoms with Gasteiger partial charge in [0.05, 0.1) is 11.9 Å². The van der Waals surface area contributed by atoms with E-state index in [4.69, 9.17) is 11.6 Å².